The topological polar surface area (TPSA) is 80.1 Å². The number of carbonyl (C=O) groups is 2. The number of aliphatic hydroxyl groups excluding tert-OH is 1. The van der Waals surface area contributed by atoms with Crippen LogP contribution in [-0.4, -0.2) is 26.6 Å². The summed E-state index contributed by atoms with van der Waals surface area (Å²) in [4.78, 5) is 37.3. The Balaban J connectivity index is 0.00000200. The molecule has 1 aliphatic rings. The SMILES string of the molecule is CC(=O)C1=C(O)C(=O)CCC1(c1nc(-c2ccccc2)cc2ccccc12)c1nc(-c2ccccc2)cc2ccccc12.[Ir+3].[Pt+2]. The first kappa shape index (κ1) is 32.3. The molecule has 0 saturated heterocycles. The Morgan fingerprint density at radius 2 is 1.11 bits per heavy atom. The number of aliphatic hydroxyl groups is 1. The summed E-state index contributed by atoms with van der Waals surface area (Å²) < 4.78 is 0. The van der Waals surface area contributed by atoms with Crippen LogP contribution in [0.25, 0.3) is 44.1 Å². The van der Waals surface area contributed by atoms with Gasteiger partial charge in [-0.05, 0) is 36.2 Å². The minimum atomic E-state index is -1.31. The molecule has 0 fully saturated rings. The number of hydrogen-bond acceptors (Lipinski definition) is 5. The molecule has 6 aromatic rings. The van der Waals surface area contributed by atoms with Crippen LogP contribution < -0.4 is 0 Å². The number of carbonyl (C=O) groups excluding carboxylic acids is 2. The Hall–Kier alpha value is -4.08. The number of aromatic nitrogens is 2. The van der Waals surface area contributed by atoms with Gasteiger partial charge in [-0.3, -0.25) is 19.6 Å². The minimum Gasteiger partial charge on any atom is -0.504 e. The van der Waals surface area contributed by atoms with E-state index in [2.05, 4.69) is 0 Å². The molecule has 7 heteroatoms. The number of pyridine rings is 2. The Morgan fingerprint density at radius 3 is 1.56 bits per heavy atom. The molecule has 2 heterocycles. The average Bonchev–Trinajstić information content (AvgIpc) is 3.05. The number of allylic oxidation sites excluding steroid dienone is 2. The monoisotopic (exact) mass is 948 g/mol. The molecule has 0 unspecified atom stereocenters. The van der Waals surface area contributed by atoms with E-state index in [0.29, 0.717) is 11.4 Å². The third kappa shape index (κ3) is 5.53. The Labute approximate surface area is 289 Å². The molecule has 1 aliphatic carbocycles. The third-order valence-corrected chi connectivity index (χ3v) is 8.44. The van der Waals surface area contributed by atoms with Gasteiger partial charge in [0, 0.05) is 28.3 Å². The van der Waals surface area contributed by atoms with Crippen molar-refractivity contribution in [3.05, 3.63) is 144 Å². The number of hydrogen-bond donors (Lipinski definition) is 1. The van der Waals surface area contributed by atoms with Gasteiger partial charge in [0.05, 0.1) is 33.8 Å². The van der Waals surface area contributed by atoms with Gasteiger partial charge in [-0.15, -0.1) is 0 Å². The van der Waals surface area contributed by atoms with E-state index in [1.807, 2.05) is 121 Å². The van der Waals surface area contributed by atoms with Gasteiger partial charge in [0.1, 0.15) is 0 Å². The molecule has 0 saturated carbocycles. The van der Waals surface area contributed by atoms with Crippen molar-refractivity contribution >= 4 is 33.1 Å². The van der Waals surface area contributed by atoms with E-state index in [1.54, 1.807) is 0 Å². The van der Waals surface area contributed by atoms with E-state index in [0.717, 1.165) is 44.1 Å². The van der Waals surface area contributed by atoms with E-state index in [4.69, 9.17) is 9.97 Å². The van der Waals surface area contributed by atoms with E-state index in [-0.39, 0.29) is 59.6 Å². The fourth-order valence-electron chi connectivity index (χ4n) is 6.50. The summed E-state index contributed by atoms with van der Waals surface area (Å²) >= 11 is 0. The number of nitrogens with zero attached hydrogens (tertiary/aromatic N) is 2. The number of rotatable bonds is 5. The van der Waals surface area contributed by atoms with Gasteiger partial charge in [0.2, 0.25) is 0 Å². The Bertz CT molecular complexity index is 1970. The predicted octanol–water partition coefficient (Wildman–Crippen LogP) is 8.16. The second-order valence-electron chi connectivity index (χ2n) is 11.0. The quantitative estimate of drug-likeness (QED) is 0.189. The van der Waals surface area contributed by atoms with E-state index in [1.165, 1.54) is 6.92 Å². The maximum absolute atomic E-state index is 13.7. The molecule has 1 N–H and O–H groups in total. The van der Waals surface area contributed by atoms with Gasteiger partial charge in [0.15, 0.2) is 17.3 Å². The number of ketones is 2. The van der Waals surface area contributed by atoms with Crippen LogP contribution in [0.2, 0.25) is 0 Å². The molecule has 0 bridgehead atoms. The van der Waals surface area contributed by atoms with Gasteiger partial charge < -0.3 is 5.11 Å². The summed E-state index contributed by atoms with van der Waals surface area (Å²) in [6.07, 6.45) is 0.273. The van der Waals surface area contributed by atoms with Crippen LogP contribution in [0.4, 0.5) is 0 Å². The van der Waals surface area contributed by atoms with Gasteiger partial charge in [0.25, 0.3) is 0 Å². The zero-order valence-corrected chi connectivity index (χ0v) is 28.9. The maximum Gasteiger partial charge on any atom is 3.00 e. The molecule has 0 radical (unpaired) electrons. The van der Waals surface area contributed by atoms with Crippen molar-refractivity contribution in [2.75, 3.05) is 0 Å². The molecule has 0 aliphatic heterocycles. The van der Waals surface area contributed by atoms with Crippen molar-refractivity contribution in [1.82, 2.24) is 9.97 Å². The zero-order chi connectivity index (χ0) is 29.6. The Morgan fingerprint density at radius 1 is 0.689 bits per heavy atom. The summed E-state index contributed by atoms with van der Waals surface area (Å²) in [5, 5.41) is 15.0. The molecule has 222 valence electrons. The average molecular weight is 948 g/mol. The largest absolute Gasteiger partial charge is 3.00 e. The van der Waals surface area contributed by atoms with Crippen molar-refractivity contribution in [2.24, 2.45) is 0 Å². The molecule has 45 heavy (non-hydrogen) atoms. The van der Waals surface area contributed by atoms with Crippen LogP contribution in [0.3, 0.4) is 0 Å². The normalized spacial score (nSPS) is 14.1. The van der Waals surface area contributed by atoms with Crippen molar-refractivity contribution in [3.8, 4) is 22.5 Å². The third-order valence-electron chi connectivity index (χ3n) is 8.44. The van der Waals surface area contributed by atoms with Crippen LogP contribution in [-0.2, 0) is 56.2 Å². The number of fused-ring (bicyclic) bond motifs is 2. The summed E-state index contributed by atoms with van der Waals surface area (Å²) in [5.41, 5.74) is 3.23. The predicted molar refractivity (Wildman–Crippen MR) is 170 cm³/mol. The van der Waals surface area contributed by atoms with Crippen LogP contribution in [0.1, 0.15) is 31.2 Å². The van der Waals surface area contributed by atoms with Crippen LogP contribution in [0, 0.1) is 0 Å². The minimum absolute atomic E-state index is 0. The number of Topliss-reactive ketones (excluding diaryl/α,β-unsaturated/α-hetero) is 2. The first-order chi connectivity index (χ1) is 21.0. The molecule has 7 rings (SSSR count). The van der Waals surface area contributed by atoms with Crippen molar-refractivity contribution < 1.29 is 55.9 Å². The summed E-state index contributed by atoms with van der Waals surface area (Å²) in [6, 6.07) is 39.7. The molecule has 4 aromatic carbocycles. The summed E-state index contributed by atoms with van der Waals surface area (Å²) in [6.45, 7) is 1.41. The Kier molecular flexibility index (Phi) is 9.41. The van der Waals surface area contributed by atoms with Crippen LogP contribution in [0.15, 0.2) is 133 Å². The van der Waals surface area contributed by atoms with Gasteiger partial charge in [-0.25, -0.2) is 0 Å². The second kappa shape index (κ2) is 13.1. The zero-order valence-electron chi connectivity index (χ0n) is 24.3. The molecule has 5 nitrogen and oxygen atoms in total. The molecule has 2 aromatic heterocycles. The van der Waals surface area contributed by atoms with Gasteiger partial charge in [-0.1, -0.05) is 109 Å². The maximum atomic E-state index is 13.7. The van der Waals surface area contributed by atoms with Crippen LogP contribution >= 0.6 is 0 Å². The fourth-order valence-corrected chi connectivity index (χ4v) is 6.50. The standard InChI is InChI=1S/C38H28N2O3.Ir.Pt/c1-24(41)34-35(43)33(42)20-21-38(34,36-29-18-10-8-16-27(29)22-31(39-36)25-12-4-2-5-13-25)37-30-19-11-9-17-28(30)23-32(40-37)26-14-6-3-7-15-26;;/h2-19,22-23,43H,20-21H2,1H3;;/q;+3;+2. The van der Waals surface area contributed by atoms with Crippen molar-refractivity contribution in [2.45, 2.75) is 25.2 Å². The van der Waals surface area contributed by atoms with Crippen LogP contribution in [0.5, 0.6) is 0 Å². The van der Waals surface area contributed by atoms with Crippen molar-refractivity contribution in [1.29, 1.82) is 0 Å². The first-order valence-corrected chi connectivity index (χ1v) is 14.4. The summed E-state index contributed by atoms with van der Waals surface area (Å²) in [5.74, 6) is -1.35. The molecule has 0 spiro atoms. The van der Waals surface area contributed by atoms with E-state index in [9.17, 15) is 14.7 Å². The molecule has 0 amide bonds. The molecular formula is C38H28IrN2O3Pt+5. The smallest absolute Gasteiger partial charge is 0.504 e. The van der Waals surface area contributed by atoms with E-state index < -0.39 is 22.7 Å². The van der Waals surface area contributed by atoms with E-state index >= 15 is 0 Å². The summed E-state index contributed by atoms with van der Waals surface area (Å²) in [7, 11) is 0. The van der Waals surface area contributed by atoms with Gasteiger partial charge in [-0.2, -0.15) is 0 Å². The first-order valence-electron chi connectivity index (χ1n) is 14.4. The van der Waals surface area contributed by atoms with Gasteiger partial charge >= 0.3 is 41.2 Å². The molecular weight excluding hydrogens is 920 g/mol. The fraction of sp³-hybridized carbons (Fsp3) is 0.105. The second-order valence-corrected chi connectivity index (χ2v) is 11.0. The van der Waals surface area contributed by atoms with Crippen molar-refractivity contribution in [3.63, 3.8) is 0 Å². The molecule has 0 atom stereocenters. The number of benzene rings is 4.